The maximum atomic E-state index is 11.6. The van der Waals surface area contributed by atoms with Gasteiger partial charge in [-0.15, -0.1) is 0 Å². The summed E-state index contributed by atoms with van der Waals surface area (Å²) < 4.78 is 0. The van der Waals surface area contributed by atoms with Crippen LogP contribution in [0.4, 0.5) is 5.82 Å². The van der Waals surface area contributed by atoms with E-state index in [0.29, 0.717) is 11.7 Å². The number of anilines is 1. The molecule has 1 N–H and O–H groups in total. The summed E-state index contributed by atoms with van der Waals surface area (Å²) in [4.78, 5) is 18.1. The second kappa shape index (κ2) is 6.12. The van der Waals surface area contributed by atoms with E-state index < -0.39 is 5.97 Å². The molecule has 1 aromatic heterocycles. The minimum atomic E-state index is -0.929. The summed E-state index contributed by atoms with van der Waals surface area (Å²) in [6.45, 7) is 9.72. The van der Waals surface area contributed by atoms with Crippen LogP contribution in [0.2, 0.25) is 0 Å². The van der Waals surface area contributed by atoms with E-state index in [1.807, 2.05) is 30.9 Å². The predicted molar refractivity (Wildman–Crippen MR) is 86.4 cm³/mol. The molecule has 4 heteroatoms. The van der Waals surface area contributed by atoms with Gasteiger partial charge in [-0.25, -0.2) is 9.78 Å². The summed E-state index contributed by atoms with van der Waals surface area (Å²) in [5, 5.41) is 10.4. The smallest absolute Gasteiger partial charge is 0.339 e. The first kappa shape index (κ1) is 15.3. The van der Waals surface area contributed by atoms with Gasteiger partial charge in [0.2, 0.25) is 0 Å². The summed E-state index contributed by atoms with van der Waals surface area (Å²) in [6, 6.07) is 7.81. The van der Waals surface area contributed by atoms with Crippen LogP contribution in [0.5, 0.6) is 0 Å². The van der Waals surface area contributed by atoms with Crippen molar-refractivity contribution >= 4 is 22.7 Å². The summed E-state index contributed by atoms with van der Waals surface area (Å²) in [7, 11) is 0. The fraction of sp³-hybridized carbons (Fsp3) is 0.412. The Bertz CT molecular complexity index is 661. The van der Waals surface area contributed by atoms with Gasteiger partial charge in [0, 0.05) is 18.5 Å². The molecule has 0 aliphatic carbocycles. The van der Waals surface area contributed by atoms with E-state index in [4.69, 9.17) is 0 Å². The molecule has 4 nitrogen and oxygen atoms in total. The molecule has 112 valence electrons. The fourth-order valence-electron chi connectivity index (χ4n) is 2.47. The lowest BCUT2D eigenvalue weighted by Gasteiger charge is -2.22. The van der Waals surface area contributed by atoms with Crippen molar-refractivity contribution in [1.82, 2.24) is 4.98 Å². The minimum absolute atomic E-state index is 0.270. The zero-order valence-electron chi connectivity index (χ0n) is 13.1. The number of hydrogen-bond acceptors (Lipinski definition) is 3. The molecule has 0 fully saturated rings. The first-order chi connectivity index (χ1) is 9.97. The molecule has 1 heterocycles. The van der Waals surface area contributed by atoms with Crippen LogP contribution in [0.25, 0.3) is 10.9 Å². The Morgan fingerprint density at radius 3 is 2.43 bits per heavy atom. The second-order valence-electron chi connectivity index (χ2n) is 5.44. The van der Waals surface area contributed by atoms with E-state index in [1.165, 1.54) is 5.56 Å². The average molecular weight is 286 g/mol. The van der Waals surface area contributed by atoms with Crippen molar-refractivity contribution in [1.29, 1.82) is 0 Å². The molecule has 2 aromatic rings. The maximum Gasteiger partial charge on any atom is 0.339 e. The number of carbonyl (C=O) groups is 1. The van der Waals surface area contributed by atoms with Gasteiger partial charge >= 0.3 is 5.97 Å². The van der Waals surface area contributed by atoms with Gasteiger partial charge in [0.1, 0.15) is 11.4 Å². The highest BCUT2D eigenvalue weighted by Crippen LogP contribution is 2.26. The maximum absolute atomic E-state index is 11.6. The molecule has 0 saturated heterocycles. The van der Waals surface area contributed by atoms with Gasteiger partial charge in [0.25, 0.3) is 0 Å². The van der Waals surface area contributed by atoms with Crippen LogP contribution in [-0.2, 0) is 0 Å². The molecule has 0 spiro atoms. The van der Waals surface area contributed by atoms with E-state index in [0.717, 1.165) is 24.0 Å². The molecular formula is C17H22N2O2. The first-order valence-electron chi connectivity index (χ1n) is 7.40. The molecular weight excluding hydrogens is 264 g/mol. The normalized spacial score (nSPS) is 11.1. The lowest BCUT2D eigenvalue weighted by molar-refractivity contribution is 0.0697. The van der Waals surface area contributed by atoms with Crippen LogP contribution >= 0.6 is 0 Å². The standard InChI is InChI=1S/C17H22N2O2/c1-5-19(6-2)16-14(17(20)21)10-13-9-12(11(3)4)7-8-15(13)18-16/h7-11H,5-6H2,1-4H3,(H,20,21). The van der Waals surface area contributed by atoms with Crippen LogP contribution in [0.15, 0.2) is 24.3 Å². The number of nitrogens with zero attached hydrogens (tertiary/aromatic N) is 2. The molecule has 0 atom stereocenters. The van der Waals surface area contributed by atoms with Crippen molar-refractivity contribution in [3.63, 3.8) is 0 Å². The first-order valence-corrected chi connectivity index (χ1v) is 7.40. The van der Waals surface area contributed by atoms with Crippen molar-refractivity contribution in [2.75, 3.05) is 18.0 Å². The number of hydrogen-bond donors (Lipinski definition) is 1. The second-order valence-corrected chi connectivity index (χ2v) is 5.44. The number of benzene rings is 1. The summed E-state index contributed by atoms with van der Waals surface area (Å²) in [6.07, 6.45) is 0. The molecule has 0 amide bonds. The molecule has 2 rings (SSSR count). The van der Waals surface area contributed by atoms with E-state index in [2.05, 4.69) is 24.9 Å². The highest BCUT2D eigenvalue weighted by atomic mass is 16.4. The minimum Gasteiger partial charge on any atom is -0.478 e. The molecule has 21 heavy (non-hydrogen) atoms. The quantitative estimate of drug-likeness (QED) is 0.905. The Morgan fingerprint density at radius 1 is 1.24 bits per heavy atom. The van der Waals surface area contributed by atoms with Crippen LogP contribution in [0.1, 0.15) is 49.5 Å². The Balaban J connectivity index is 2.67. The zero-order valence-corrected chi connectivity index (χ0v) is 13.1. The van der Waals surface area contributed by atoms with Gasteiger partial charge in [0.05, 0.1) is 5.52 Å². The van der Waals surface area contributed by atoms with E-state index in [-0.39, 0.29) is 5.56 Å². The number of pyridine rings is 1. The van der Waals surface area contributed by atoms with E-state index in [9.17, 15) is 9.90 Å². The van der Waals surface area contributed by atoms with Crippen molar-refractivity contribution in [3.05, 3.63) is 35.4 Å². The van der Waals surface area contributed by atoms with Crippen LogP contribution < -0.4 is 4.90 Å². The number of carboxylic acid groups (broad SMARTS) is 1. The zero-order chi connectivity index (χ0) is 15.6. The summed E-state index contributed by atoms with van der Waals surface area (Å²) in [5.41, 5.74) is 2.30. The lowest BCUT2D eigenvalue weighted by atomic mass is 10.0. The predicted octanol–water partition coefficient (Wildman–Crippen LogP) is 3.90. The average Bonchev–Trinajstić information content (AvgIpc) is 2.47. The fourth-order valence-corrected chi connectivity index (χ4v) is 2.47. The Hall–Kier alpha value is -2.10. The third kappa shape index (κ3) is 2.99. The van der Waals surface area contributed by atoms with Crippen molar-refractivity contribution in [2.45, 2.75) is 33.6 Å². The Labute approximate surface area is 125 Å². The number of carboxylic acids is 1. The van der Waals surface area contributed by atoms with Crippen LogP contribution in [0.3, 0.4) is 0 Å². The number of aromatic nitrogens is 1. The molecule has 0 bridgehead atoms. The number of rotatable bonds is 5. The highest BCUT2D eigenvalue weighted by molar-refractivity contribution is 5.98. The molecule has 0 saturated carbocycles. The number of aromatic carboxylic acids is 1. The Kier molecular flexibility index (Phi) is 4.46. The van der Waals surface area contributed by atoms with E-state index >= 15 is 0 Å². The largest absolute Gasteiger partial charge is 0.478 e. The third-order valence-corrected chi connectivity index (χ3v) is 3.78. The SMILES string of the molecule is CCN(CC)c1nc2ccc(C(C)C)cc2cc1C(=O)O. The van der Waals surface area contributed by atoms with Gasteiger partial charge in [0.15, 0.2) is 0 Å². The van der Waals surface area contributed by atoms with E-state index in [1.54, 1.807) is 6.07 Å². The van der Waals surface area contributed by atoms with Crippen LogP contribution in [0, 0.1) is 0 Å². The Morgan fingerprint density at radius 2 is 1.90 bits per heavy atom. The monoisotopic (exact) mass is 286 g/mol. The van der Waals surface area contributed by atoms with Gasteiger partial charge in [-0.2, -0.15) is 0 Å². The summed E-state index contributed by atoms with van der Waals surface area (Å²) >= 11 is 0. The van der Waals surface area contributed by atoms with Gasteiger partial charge in [-0.1, -0.05) is 19.9 Å². The van der Waals surface area contributed by atoms with Crippen molar-refractivity contribution in [3.8, 4) is 0 Å². The summed E-state index contributed by atoms with van der Waals surface area (Å²) in [5.74, 6) is 0.0312. The topological polar surface area (TPSA) is 53.4 Å². The van der Waals surface area contributed by atoms with Crippen LogP contribution in [-0.4, -0.2) is 29.1 Å². The molecule has 1 aromatic carbocycles. The van der Waals surface area contributed by atoms with Gasteiger partial charge in [-0.05, 0) is 43.5 Å². The van der Waals surface area contributed by atoms with Gasteiger partial charge < -0.3 is 10.0 Å². The van der Waals surface area contributed by atoms with Crippen molar-refractivity contribution < 1.29 is 9.90 Å². The molecule has 0 aliphatic rings. The molecule has 0 aliphatic heterocycles. The highest BCUT2D eigenvalue weighted by Gasteiger charge is 2.17. The number of fused-ring (bicyclic) bond motifs is 1. The van der Waals surface area contributed by atoms with Gasteiger partial charge in [-0.3, -0.25) is 0 Å². The lowest BCUT2D eigenvalue weighted by Crippen LogP contribution is -2.25. The van der Waals surface area contributed by atoms with Crippen molar-refractivity contribution in [2.24, 2.45) is 0 Å². The third-order valence-electron chi connectivity index (χ3n) is 3.78. The molecule has 0 unspecified atom stereocenters. The molecule has 0 radical (unpaired) electrons.